The maximum atomic E-state index is 12.3. The van der Waals surface area contributed by atoms with Crippen LogP contribution >= 0.6 is 0 Å². The van der Waals surface area contributed by atoms with Crippen LogP contribution in [-0.4, -0.2) is 97.5 Å². The molecule has 2 saturated heterocycles. The molecule has 1 saturated carbocycles. The fourth-order valence-corrected chi connectivity index (χ4v) is 7.05. The standard InChI is InChI=1S/C35H44N8O3/c1-35(2,3)46-34(44)42-21-27(22-42)41-19-17-40(18-20-41)25-11-13-26(14-12-25)43-33-30(32(36)37-23-38-33)31(39-43)24-9-15-29(16-10-24)45-28-7-5-4-6-8-28/h4-10,15-16,23,25-27H,11-14,17-22H2,1-3H3,(H2,36,37,38). The predicted molar refractivity (Wildman–Crippen MR) is 178 cm³/mol. The average molecular weight is 625 g/mol. The van der Waals surface area contributed by atoms with Gasteiger partial charge in [0.1, 0.15) is 34.9 Å². The van der Waals surface area contributed by atoms with E-state index in [1.165, 1.54) is 6.33 Å². The van der Waals surface area contributed by atoms with Crippen molar-refractivity contribution in [2.75, 3.05) is 45.0 Å². The molecule has 3 fully saturated rings. The molecule has 1 amide bonds. The Balaban J connectivity index is 0.961. The van der Waals surface area contributed by atoms with Crippen LogP contribution in [0.15, 0.2) is 60.9 Å². The summed E-state index contributed by atoms with van der Waals surface area (Å²) < 4.78 is 13.6. The molecule has 242 valence electrons. The number of fused-ring (bicyclic) bond motifs is 1. The fourth-order valence-electron chi connectivity index (χ4n) is 7.05. The molecule has 0 unspecified atom stereocenters. The number of rotatable bonds is 6. The number of anilines is 1. The molecule has 0 atom stereocenters. The minimum atomic E-state index is -0.453. The molecule has 2 aromatic heterocycles. The van der Waals surface area contributed by atoms with E-state index in [0.29, 0.717) is 17.9 Å². The average Bonchev–Trinajstić information content (AvgIpc) is 3.42. The molecule has 4 heterocycles. The summed E-state index contributed by atoms with van der Waals surface area (Å²) in [6.07, 6.45) is 5.69. The number of hydrogen-bond acceptors (Lipinski definition) is 9. The van der Waals surface area contributed by atoms with Crippen LogP contribution in [0.4, 0.5) is 10.6 Å². The lowest BCUT2D eigenvalue weighted by atomic mass is 9.89. The lowest BCUT2D eigenvalue weighted by molar-refractivity contribution is -0.0299. The molecule has 2 N–H and O–H groups in total. The molecular formula is C35H44N8O3. The molecule has 0 spiro atoms. The summed E-state index contributed by atoms with van der Waals surface area (Å²) in [5.41, 5.74) is 8.52. The molecule has 46 heavy (non-hydrogen) atoms. The number of carbonyl (C=O) groups excluding carboxylic acids is 1. The van der Waals surface area contributed by atoms with E-state index in [9.17, 15) is 4.79 Å². The molecule has 0 bridgehead atoms. The second-order valence-electron chi connectivity index (χ2n) is 13.8. The number of piperazine rings is 1. The van der Waals surface area contributed by atoms with Crippen molar-refractivity contribution in [2.24, 2.45) is 0 Å². The zero-order chi connectivity index (χ0) is 31.8. The molecule has 11 heteroatoms. The van der Waals surface area contributed by atoms with E-state index >= 15 is 0 Å². The van der Waals surface area contributed by atoms with Crippen molar-refractivity contribution in [3.8, 4) is 22.8 Å². The summed E-state index contributed by atoms with van der Waals surface area (Å²) in [4.78, 5) is 28.3. The van der Waals surface area contributed by atoms with Gasteiger partial charge in [0.25, 0.3) is 0 Å². The number of carbonyl (C=O) groups is 1. The van der Waals surface area contributed by atoms with Gasteiger partial charge in [-0.15, -0.1) is 0 Å². The summed E-state index contributed by atoms with van der Waals surface area (Å²) in [5, 5.41) is 5.92. The van der Waals surface area contributed by atoms with Crippen molar-refractivity contribution in [3.63, 3.8) is 0 Å². The summed E-state index contributed by atoms with van der Waals surface area (Å²) in [6.45, 7) is 11.5. The van der Waals surface area contributed by atoms with Gasteiger partial charge < -0.3 is 20.1 Å². The van der Waals surface area contributed by atoms with Gasteiger partial charge in [-0.3, -0.25) is 9.80 Å². The fraction of sp³-hybridized carbons (Fsp3) is 0.486. The molecule has 2 aromatic carbocycles. The van der Waals surface area contributed by atoms with E-state index in [2.05, 4.69) is 24.4 Å². The normalized spacial score (nSPS) is 21.7. The topological polar surface area (TPSA) is 115 Å². The number of ether oxygens (including phenoxy) is 2. The van der Waals surface area contributed by atoms with Crippen molar-refractivity contribution >= 4 is 22.9 Å². The number of nitrogens with zero attached hydrogens (tertiary/aromatic N) is 7. The maximum absolute atomic E-state index is 12.3. The van der Waals surface area contributed by atoms with E-state index < -0.39 is 5.60 Å². The van der Waals surface area contributed by atoms with Gasteiger partial charge in [-0.1, -0.05) is 18.2 Å². The third-order valence-corrected chi connectivity index (χ3v) is 9.53. The Morgan fingerprint density at radius 3 is 2.07 bits per heavy atom. The summed E-state index contributed by atoms with van der Waals surface area (Å²) >= 11 is 0. The SMILES string of the molecule is CC(C)(C)OC(=O)N1CC(N2CCN(C3CCC(n4nc(-c5ccc(Oc6ccccc6)cc5)c5c(N)ncnc54)CC3)CC2)C1. The molecule has 0 radical (unpaired) electrons. The monoisotopic (exact) mass is 624 g/mol. The minimum Gasteiger partial charge on any atom is -0.457 e. The Labute approximate surface area is 270 Å². The lowest BCUT2D eigenvalue weighted by Crippen LogP contribution is -2.65. The van der Waals surface area contributed by atoms with Crippen LogP contribution in [-0.2, 0) is 4.74 Å². The summed E-state index contributed by atoms with van der Waals surface area (Å²) in [6, 6.07) is 19.0. The zero-order valence-electron chi connectivity index (χ0n) is 27.0. The number of nitrogens with two attached hydrogens (primary N) is 1. The van der Waals surface area contributed by atoms with Crippen molar-refractivity contribution in [1.29, 1.82) is 0 Å². The van der Waals surface area contributed by atoms with Crippen molar-refractivity contribution in [3.05, 3.63) is 60.9 Å². The molecule has 1 aliphatic carbocycles. The van der Waals surface area contributed by atoms with E-state index in [-0.39, 0.29) is 12.1 Å². The van der Waals surface area contributed by atoms with Crippen LogP contribution < -0.4 is 10.5 Å². The van der Waals surface area contributed by atoms with Crippen LogP contribution in [0, 0.1) is 0 Å². The number of nitrogen functional groups attached to an aromatic ring is 1. The Morgan fingerprint density at radius 1 is 0.804 bits per heavy atom. The summed E-state index contributed by atoms with van der Waals surface area (Å²) in [5.74, 6) is 2.01. The van der Waals surface area contributed by atoms with E-state index in [1.54, 1.807) is 0 Å². The van der Waals surface area contributed by atoms with Crippen LogP contribution in [0.5, 0.6) is 11.5 Å². The second kappa shape index (κ2) is 12.5. The molecular weight excluding hydrogens is 580 g/mol. The molecule has 7 rings (SSSR count). The van der Waals surface area contributed by atoms with E-state index in [0.717, 1.165) is 98.7 Å². The first kappa shape index (κ1) is 30.4. The molecule has 3 aliphatic rings. The van der Waals surface area contributed by atoms with Crippen LogP contribution in [0.1, 0.15) is 52.5 Å². The maximum Gasteiger partial charge on any atom is 0.410 e. The Hall–Kier alpha value is -4.22. The van der Waals surface area contributed by atoms with Gasteiger partial charge in [0.2, 0.25) is 0 Å². The summed E-state index contributed by atoms with van der Waals surface area (Å²) in [7, 11) is 0. The number of aromatic nitrogens is 4. The first-order valence-corrected chi connectivity index (χ1v) is 16.5. The Bertz CT molecular complexity index is 1650. The highest BCUT2D eigenvalue weighted by molar-refractivity contribution is 5.98. The Kier molecular flexibility index (Phi) is 8.29. The van der Waals surface area contributed by atoms with Gasteiger partial charge in [-0.05, 0) is 82.9 Å². The third kappa shape index (κ3) is 6.39. The number of para-hydroxylation sites is 1. The lowest BCUT2D eigenvalue weighted by Gasteiger charge is -2.49. The second-order valence-corrected chi connectivity index (χ2v) is 13.8. The van der Waals surface area contributed by atoms with Crippen LogP contribution in [0.2, 0.25) is 0 Å². The van der Waals surface area contributed by atoms with Gasteiger partial charge in [-0.25, -0.2) is 19.4 Å². The smallest absolute Gasteiger partial charge is 0.410 e. The quantitative estimate of drug-likeness (QED) is 0.293. The number of hydrogen-bond donors (Lipinski definition) is 1. The predicted octanol–water partition coefficient (Wildman–Crippen LogP) is 5.59. The number of benzene rings is 2. The van der Waals surface area contributed by atoms with Crippen molar-refractivity contribution in [1.82, 2.24) is 34.4 Å². The van der Waals surface area contributed by atoms with Crippen LogP contribution in [0.3, 0.4) is 0 Å². The van der Waals surface area contributed by atoms with E-state index in [4.69, 9.17) is 20.3 Å². The first-order valence-electron chi connectivity index (χ1n) is 16.5. The minimum absolute atomic E-state index is 0.197. The van der Waals surface area contributed by atoms with Crippen LogP contribution in [0.25, 0.3) is 22.3 Å². The number of likely N-dealkylation sites (tertiary alicyclic amines) is 1. The van der Waals surface area contributed by atoms with Gasteiger partial charge >= 0.3 is 6.09 Å². The molecule has 4 aromatic rings. The third-order valence-electron chi connectivity index (χ3n) is 9.53. The van der Waals surface area contributed by atoms with E-state index in [1.807, 2.05) is 80.3 Å². The highest BCUT2D eigenvalue weighted by atomic mass is 16.6. The number of amides is 1. The highest BCUT2D eigenvalue weighted by Crippen LogP contribution is 2.38. The van der Waals surface area contributed by atoms with Gasteiger partial charge in [0.05, 0.1) is 11.4 Å². The molecule has 2 aliphatic heterocycles. The van der Waals surface area contributed by atoms with Gasteiger partial charge in [-0.2, -0.15) is 5.10 Å². The first-order chi connectivity index (χ1) is 22.2. The highest BCUT2D eigenvalue weighted by Gasteiger charge is 2.39. The van der Waals surface area contributed by atoms with Crippen molar-refractivity contribution in [2.45, 2.75) is 70.2 Å². The Morgan fingerprint density at radius 2 is 1.41 bits per heavy atom. The van der Waals surface area contributed by atoms with Gasteiger partial charge in [0.15, 0.2) is 5.65 Å². The zero-order valence-corrected chi connectivity index (χ0v) is 27.0. The van der Waals surface area contributed by atoms with Gasteiger partial charge in [0, 0.05) is 56.9 Å². The largest absolute Gasteiger partial charge is 0.457 e. The molecule has 11 nitrogen and oxygen atoms in total. The van der Waals surface area contributed by atoms with Crippen molar-refractivity contribution < 1.29 is 14.3 Å².